The molecule has 0 saturated heterocycles. The van der Waals surface area contributed by atoms with E-state index in [0.717, 1.165) is 12.1 Å². The van der Waals surface area contributed by atoms with Crippen molar-refractivity contribution in [1.29, 1.82) is 5.41 Å². The average Bonchev–Trinajstić information content (AvgIpc) is 3.65. The summed E-state index contributed by atoms with van der Waals surface area (Å²) in [6, 6.07) is 21.1. The Hall–Kier alpha value is -6.21. The van der Waals surface area contributed by atoms with E-state index < -0.39 is 52.2 Å². The number of phenolic OH excluding ortho intramolecular Hbond substituents is 1. The zero-order chi connectivity index (χ0) is 35.3. The highest BCUT2D eigenvalue weighted by molar-refractivity contribution is 6.30. The maximum atomic E-state index is 16.6. The van der Waals surface area contributed by atoms with E-state index in [4.69, 9.17) is 37.0 Å². The number of aliphatic carboxylic acids is 1. The molecule has 0 amide bonds. The fourth-order valence-electron chi connectivity index (χ4n) is 5.98. The van der Waals surface area contributed by atoms with Crippen LogP contribution in [0.5, 0.6) is 34.8 Å². The smallest absolute Gasteiger partial charge is 0.357 e. The predicted octanol–water partition coefficient (Wildman–Crippen LogP) is 6.67. The number of rotatable bonds is 9. The number of nitrogens with one attached hydrogen (secondary N) is 1. The zero-order valence-electron chi connectivity index (χ0n) is 26.1. The summed E-state index contributed by atoms with van der Waals surface area (Å²) >= 11 is 6.31. The average molecular weight is 698 g/mol. The molecule has 0 spiro atoms. The van der Waals surface area contributed by atoms with E-state index in [-0.39, 0.29) is 33.3 Å². The fraction of sp³-hybridized carbons (Fsp3) is 0.111. The van der Waals surface area contributed by atoms with Crippen LogP contribution in [0.2, 0.25) is 5.02 Å². The van der Waals surface area contributed by atoms with Gasteiger partial charge in [-0.25, -0.2) is 4.79 Å². The van der Waals surface area contributed by atoms with E-state index in [0.29, 0.717) is 35.6 Å². The number of likely N-dealkylation sites (N-methyl/N-ethyl adjacent to an activating group) is 1. The van der Waals surface area contributed by atoms with Gasteiger partial charge in [-0.1, -0.05) is 54.1 Å². The lowest BCUT2D eigenvalue weighted by molar-refractivity contribution is -0.152. The van der Waals surface area contributed by atoms with Crippen LogP contribution in [-0.2, 0) is 10.4 Å². The molecular formula is C36H26ClF2N5O6. The van der Waals surface area contributed by atoms with Crippen LogP contribution in [0, 0.1) is 17.0 Å². The number of aromatic nitrogens is 1. The molecule has 0 fully saturated rings. The summed E-state index contributed by atoms with van der Waals surface area (Å²) in [6.07, 6.45) is 0. The number of amidine groups is 2. The molecule has 2 aliphatic rings. The number of aromatic hydroxyl groups is 1. The van der Waals surface area contributed by atoms with Crippen LogP contribution in [0.3, 0.4) is 0 Å². The number of carboxylic acid groups (broad SMARTS) is 1. The summed E-state index contributed by atoms with van der Waals surface area (Å²) in [5.41, 5.74) is 4.87. The largest absolute Gasteiger partial charge is 0.504 e. The molecule has 5 N–H and O–H groups in total. The highest BCUT2D eigenvalue weighted by Crippen LogP contribution is 2.52. The maximum absolute atomic E-state index is 16.6. The van der Waals surface area contributed by atoms with Crippen molar-refractivity contribution >= 4 is 29.2 Å². The van der Waals surface area contributed by atoms with Gasteiger partial charge in [0.15, 0.2) is 11.5 Å². The number of pyridine rings is 1. The van der Waals surface area contributed by atoms with E-state index in [2.05, 4.69) is 9.98 Å². The Balaban J connectivity index is 1.40. The maximum Gasteiger partial charge on any atom is 0.357 e. The van der Waals surface area contributed by atoms with Crippen LogP contribution < -0.4 is 19.9 Å². The summed E-state index contributed by atoms with van der Waals surface area (Å²) < 4.78 is 50.7. The lowest BCUT2D eigenvalue weighted by Crippen LogP contribution is -2.41. The first-order valence-electron chi connectivity index (χ1n) is 15.1. The highest BCUT2D eigenvalue weighted by atomic mass is 35.5. The lowest BCUT2D eigenvalue weighted by Gasteiger charge is -2.29. The van der Waals surface area contributed by atoms with Gasteiger partial charge in [0.25, 0.3) is 17.4 Å². The highest BCUT2D eigenvalue weighted by Gasteiger charge is 2.53. The number of phenols is 1. The minimum Gasteiger partial charge on any atom is -0.504 e. The monoisotopic (exact) mass is 697 g/mol. The zero-order valence-corrected chi connectivity index (χ0v) is 26.8. The van der Waals surface area contributed by atoms with Gasteiger partial charge in [0, 0.05) is 40.9 Å². The fourth-order valence-corrected chi connectivity index (χ4v) is 6.15. The molecule has 1 atom stereocenters. The van der Waals surface area contributed by atoms with Crippen LogP contribution >= 0.6 is 11.6 Å². The molecule has 0 radical (unpaired) electrons. The van der Waals surface area contributed by atoms with Crippen molar-refractivity contribution in [2.24, 2.45) is 10.7 Å². The third kappa shape index (κ3) is 5.37. The molecule has 1 aliphatic heterocycles. The summed E-state index contributed by atoms with van der Waals surface area (Å²) in [4.78, 5) is 23.7. The summed E-state index contributed by atoms with van der Waals surface area (Å²) in [5, 5.41) is 29.2. The van der Waals surface area contributed by atoms with Gasteiger partial charge in [-0.3, -0.25) is 10.4 Å². The van der Waals surface area contributed by atoms with Crippen LogP contribution in [0.1, 0.15) is 22.3 Å². The van der Waals surface area contributed by atoms with Gasteiger partial charge in [-0.15, -0.1) is 0 Å². The molecule has 0 bridgehead atoms. The predicted molar refractivity (Wildman–Crippen MR) is 180 cm³/mol. The van der Waals surface area contributed by atoms with Crippen molar-refractivity contribution in [3.05, 3.63) is 124 Å². The molecule has 14 heteroatoms. The lowest BCUT2D eigenvalue weighted by atomic mass is 9.91. The van der Waals surface area contributed by atoms with Crippen molar-refractivity contribution in [3.8, 4) is 45.9 Å². The van der Waals surface area contributed by atoms with E-state index in [1.165, 1.54) is 24.3 Å². The molecule has 2 heterocycles. The number of carbonyl (C=O) groups is 1. The summed E-state index contributed by atoms with van der Waals surface area (Å²) in [5.74, 6) is -8.11. The number of aliphatic imine (C=N–C) groups is 1. The third-order valence-electron chi connectivity index (χ3n) is 8.33. The molecule has 4 aromatic carbocycles. The van der Waals surface area contributed by atoms with Gasteiger partial charge in [-0.2, -0.15) is 13.8 Å². The van der Waals surface area contributed by atoms with Crippen molar-refractivity contribution < 1.29 is 38.0 Å². The van der Waals surface area contributed by atoms with Crippen LogP contribution in [-0.4, -0.2) is 57.9 Å². The Morgan fingerprint density at radius 3 is 2.42 bits per heavy atom. The van der Waals surface area contributed by atoms with Gasteiger partial charge in [0.2, 0.25) is 17.4 Å². The number of halogens is 3. The molecular weight excluding hydrogens is 672 g/mol. The number of hydrogen-bond acceptors (Lipinski definition) is 9. The van der Waals surface area contributed by atoms with Gasteiger partial charge >= 0.3 is 5.97 Å². The molecule has 1 unspecified atom stereocenters. The Morgan fingerprint density at radius 2 is 1.70 bits per heavy atom. The molecule has 50 heavy (non-hydrogen) atoms. The molecule has 0 saturated carbocycles. The molecule has 7 rings (SSSR count). The Morgan fingerprint density at radius 1 is 0.960 bits per heavy atom. The molecule has 1 aromatic heterocycles. The Labute approximate surface area is 288 Å². The third-order valence-corrected chi connectivity index (χ3v) is 8.57. The van der Waals surface area contributed by atoms with Crippen molar-refractivity contribution in [3.63, 3.8) is 0 Å². The second kappa shape index (κ2) is 12.3. The number of nitrogen functional groups attached to an aromatic ring is 1. The Bertz CT molecular complexity index is 2270. The van der Waals surface area contributed by atoms with Crippen molar-refractivity contribution in [2.45, 2.75) is 5.60 Å². The first-order chi connectivity index (χ1) is 24.0. The number of benzene rings is 4. The van der Waals surface area contributed by atoms with Crippen LogP contribution in [0.15, 0.2) is 89.9 Å². The van der Waals surface area contributed by atoms with Crippen molar-refractivity contribution in [2.75, 3.05) is 20.1 Å². The topological polar surface area (TPSA) is 164 Å². The van der Waals surface area contributed by atoms with E-state index in [9.17, 15) is 15.0 Å². The molecule has 252 valence electrons. The minimum absolute atomic E-state index is 0.0280. The van der Waals surface area contributed by atoms with Crippen LogP contribution in [0.4, 0.5) is 8.78 Å². The van der Waals surface area contributed by atoms with Crippen LogP contribution in [0.25, 0.3) is 11.1 Å². The second-order valence-corrected chi connectivity index (χ2v) is 11.9. The molecule has 5 aromatic rings. The summed E-state index contributed by atoms with van der Waals surface area (Å²) in [6.45, 7) is 1.30. The van der Waals surface area contributed by atoms with Gasteiger partial charge in [0.05, 0.1) is 6.54 Å². The Kier molecular flexibility index (Phi) is 7.99. The first-order valence-corrected chi connectivity index (χ1v) is 15.5. The second-order valence-electron chi connectivity index (χ2n) is 11.5. The minimum atomic E-state index is -2.49. The van der Waals surface area contributed by atoms with Crippen molar-refractivity contribution in [1.82, 2.24) is 9.88 Å². The number of nitrogens with two attached hydrogens (primary N) is 1. The molecule has 11 nitrogen and oxygen atoms in total. The van der Waals surface area contributed by atoms with Gasteiger partial charge in [0.1, 0.15) is 17.4 Å². The number of ether oxygens (including phenoxy) is 3. The normalized spacial score (nSPS) is 16.0. The number of hydrogen-bond donors (Lipinski definition) is 4. The van der Waals surface area contributed by atoms with Gasteiger partial charge in [-0.05, 0) is 53.6 Å². The van der Waals surface area contributed by atoms with Gasteiger partial charge < -0.3 is 35.1 Å². The molecule has 1 aliphatic carbocycles. The van der Waals surface area contributed by atoms with E-state index in [1.807, 2.05) is 11.9 Å². The number of nitrogens with zero attached hydrogens (tertiary/aromatic N) is 3. The van der Waals surface area contributed by atoms with E-state index >= 15 is 8.78 Å². The number of carboxylic acids is 1. The SMILES string of the molecule is CN1CCN=C1c1cccc(Oc2nc(Oc3cc(C(=N)N)ccc3O)c(F)c(OC3(C(=O)O)c4ccccc4-c4ccc(Cl)cc43)c2F)c1. The van der Waals surface area contributed by atoms with E-state index in [1.54, 1.807) is 48.5 Å². The number of fused-ring (bicyclic) bond motifs is 3. The first kappa shape index (κ1) is 32.3. The quantitative estimate of drug-likeness (QED) is 0.0973. The summed E-state index contributed by atoms with van der Waals surface area (Å²) in [7, 11) is 1.87. The standard InChI is InChI=1S/C36H26ClF2N5O6/c1-44-14-13-42-32(44)19-5-4-6-21(15-19)48-33-28(38)30(29(39)34(43-33)49-27-16-18(31(40)41)9-12-26(27)45)50-36(35(46)47)24-8-3-2-7-22(24)23-11-10-20(37)17-25(23)36/h2-12,15-17,45H,13-14H2,1H3,(H3,40,41)(H,46,47).